The molecule has 164 valence electrons. The number of piperidine rings is 1. The molecular weight excluding hydrogens is 406 g/mol. The monoisotopic (exact) mass is 429 g/mol. The van der Waals surface area contributed by atoms with Crippen molar-refractivity contribution in [3.05, 3.63) is 46.8 Å². The van der Waals surface area contributed by atoms with Crippen LogP contribution in [0.15, 0.2) is 36.7 Å². The minimum absolute atomic E-state index is 0.126. The summed E-state index contributed by atoms with van der Waals surface area (Å²) < 4.78 is 10.5. The first-order chi connectivity index (χ1) is 14.9. The van der Waals surface area contributed by atoms with Crippen LogP contribution in [0.3, 0.4) is 0 Å². The molecule has 0 radical (unpaired) electrons. The number of nitrogens with zero attached hydrogens (tertiary/aromatic N) is 4. The van der Waals surface area contributed by atoms with E-state index in [0.717, 1.165) is 0 Å². The topological polar surface area (TPSA) is 137 Å². The Bertz CT molecular complexity index is 946. The smallest absolute Gasteiger partial charge is 0.309 e. The Kier molecular flexibility index (Phi) is 6.96. The molecule has 31 heavy (non-hydrogen) atoms. The fraction of sp³-hybridized carbons (Fsp3) is 0.400. The first-order valence-corrected chi connectivity index (χ1v) is 9.74. The van der Waals surface area contributed by atoms with Crippen LogP contribution in [0.1, 0.15) is 19.8 Å². The third-order valence-corrected chi connectivity index (χ3v) is 4.98. The first kappa shape index (κ1) is 21.9. The molecule has 0 saturated carbocycles. The molecule has 2 heterocycles. The zero-order valence-electron chi connectivity index (χ0n) is 17.2. The molecule has 1 aromatic heterocycles. The van der Waals surface area contributed by atoms with Crippen molar-refractivity contribution in [2.24, 2.45) is 5.92 Å². The van der Waals surface area contributed by atoms with Gasteiger partial charge in [-0.3, -0.25) is 19.7 Å². The van der Waals surface area contributed by atoms with Gasteiger partial charge in [0.05, 0.1) is 23.6 Å². The molecule has 0 bridgehead atoms. The molecule has 1 atom stereocenters. The number of anilines is 2. The van der Waals surface area contributed by atoms with Gasteiger partial charge in [0.25, 0.3) is 11.6 Å². The van der Waals surface area contributed by atoms with Gasteiger partial charge < -0.3 is 19.7 Å². The molecule has 1 N–H and O–H groups in total. The van der Waals surface area contributed by atoms with Gasteiger partial charge in [0.1, 0.15) is 5.75 Å². The van der Waals surface area contributed by atoms with Crippen molar-refractivity contribution in [3.8, 4) is 5.75 Å². The highest BCUT2D eigenvalue weighted by atomic mass is 16.6. The van der Waals surface area contributed by atoms with E-state index in [-0.39, 0.29) is 23.0 Å². The van der Waals surface area contributed by atoms with Gasteiger partial charge in [0.15, 0.2) is 6.10 Å². The van der Waals surface area contributed by atoms with E-state index in [1.54, 1.807) is 18.5 Å². The van der Waals surface area contributed by atoms with Crippen molar-refractivity contribution in [1.29, 1.82) is 0 Å². The Balaban J connectivity index is 1.55. The summed E-state index contributed by atoms with van der Waals surface area (Å²) in [7, 11) is 1.38. The van der Waals surface area contributed by atoms with Crippen molar-refractivity contribution < 1.29 is 24.0 Å². The van der Waals surface area contributed by atoms with E-state index in [0.29, 0.717) is 31.9 Å². The lowest BCUT2D eigenvalue weighted by Gasteiger charge is -2.31. The minimum atomic E-state index is -1.08. The molecule has 0 aliphatic carbocycles. The number of hydrogen-bond donors (Lipinski definition) is 1. The number of ether oxygens (including phenoxy) is 2. The van der Waals surface area contributed by atoms with Gasteiger partial charge in [0.2, 0.25) is 5.95 Å². The number of carbonyl (C=O) groups excluding carboxylic acids is 2. The van der Waals surface area contributed by atoms with Gasteiger partial charge >= 0.3 is 5.97 Å². The number of esters is 1. The molecule has 11 heteroatoms. The summed E-state index contributed by atoms with van der Waals surface area (Å²) in [6.45, 7) is 2.66. The SMILES string of the molecule is COc1ccc([N+](=O)[O-])cc1NC(=O)C(C)OC(=O)C1CCN(c2ncccn2)CC1. The van der Waals surface area contributed by atoms with Crippen LogP contribution in [-0.4, -0.2) is 53.1 Å². The van der Waals surface area contributed by atoms with E-state index in [2.05, 4.69) is 15.3 Å². The molecule has 1 amide bonds. The van der Waals surface area contributed by atoms with Crippen molar-refractivity contribution in [2.45, 2.75) is 25.9 Å². The summed E-state index contributed by atoms with van der Waals surface area (Å²) in [6.07, 6.45) is 3.37. The third-order valence-electron chi connectivity index (χ3n) is 4.98. The Hall–Kier alpha value is -3.76. The van der Waals surface area contributed by atoms with Gasteiger partial charge in [0, 0.05) is 37.6 Å². The number of methoxy groups -OCH3 is 1. The number of aromatic nitrogens is 2. The number of carbonyl (C=O) groups is 2. The predicted octanol–water partition coefficient (Wildman–Crippen LogP) is 2.18. The minimum Gasteiger partial charge on any atom is -0.495 e. The van der Waals surface area contributed by atoms with Crippen LogP contribution in [0.5, 0.6) is 5.75 Å². The zero-order chi connectivity index (χ0) is 22.4. The summed E-state index contributed by atoms with van der Waals surface area (Å²) in [6, 6.07) is 5.58. The highest BCUT2D eigenvalue weighted by Crippen LogP contribution is 2.29. The molecule has 1 fully saturated rings. The van der Waals surface area contributed by atoms with Gasteiger partial charge in [-0.1, -0.05) is 0 Å². The average molecular weight is 429 g/mol. The van der Waals surface area contributed by atoms with Gasteiger partial charge in [-0.15, -0.1) is 0 Å². The van der Waals surface area contributed by atoms with Gasteiger partial charge in [-0.05, 0) is 31.9 Å². The maximum absolute atomic E-state index is 12.5. The lowest BCUT2D eigenvalue weighted by Crippen LogP contribution is -2.39. The van der Waals surface area contributed by atoms with Gasteiger partial charge in [-0.2, -0.15) is 0 Å². The summed E-state index contributed by atoms with van der Waals surface area (Å²) in [5, 5.41) is 13.5. The lowest BCUT2D eigenvalue weighted by atomic mass is 9.97. The molecule has 2 aromatic rings. The molecule has 0 spiro atoms. The largest absolute Gasteiger partial charge is 0.495 e. The van der Waals surface area contributed by atoms with Crippen molar-refractivity contribution in [1.82, 2.24) is 9.97 Å². The summed E-state index contributed by atoms with van der Waals surface area (Å²) in [5.41, 5.74) is -0.0735. The fourth-order valence-corrected chi connectivity index (χ4v) is 3.24. The van der Waals surface area contributed by atoms with Crippen LogP contribution in [-0.2, 0) is 14.3 Å². The maximum Gasteiger partial charge on any atom is 0.309 e. The van der Waals surface area contributed by atoms with Crippen LogP contribution >= 0.6 is 0 Å². The number of nitrogens with one attached hydrogen (secondary N) is 1. The Labute approximate surface area is 178 Å². The molecular formula is C20H23N5O6. The van der Waals surface area contributed by atoms with Crippen LogP contribution < -0.4 is 15.0 Å². The summed E-state index contributed by atoms with van der Waals surface area (Å²) >= 11 is 0. The van der Waals surface area contributed by atoms with E-state index in [1.807, 2.05) is 4.90 Å². The van der Waals surface area contributed by atoms with Gasteiger partial charge in [-0.25, -0.2) is 9.97 Å². The van der Waals surface area contributed by atoms with E-state index < -0.39 is 22.9 Å². The second kappa shape index (κ2) is 9.83. The number of nitro benzene ring substituents is 1. The number of non-ortho nitro benzene ring substituents is 1. The Morgan fingerprint density at radius 3 is 2.55 bits per heavy atom. The third kappa shape index (κ3) is 5.44. The Morgan fingerprint density at radius 2 is 1.94 bits per heavy atom. The zero-order valence-corrected chi connectivity index (χ0v) is 17.2. The molecule has 1 aliphatic rings. The van der Waals surface area contributed by atoms with E-state index >= 15 is 0 Å². The number of benzene rings is 1. The second-order valence-electron chi connectivity index (χ2n) is 7.02. The van der Waals surface area contributed by atoms with Crippen LogP contribution in [0, 0.1) is 16.0 Å². The first-order valence-electron chi connectivity index (χ1n) is 9.74. The summed E-state index contributed by atoms with van der Waals surface area (Å²) in [4.78, 5) is 45.8. The van der Waals surface area contributed by atoms with E-state index in [9.17, 15) is 19.7 Å². The van der Waals surface area contributed by atoms with Crippen LogP contribution in [0.4, 0.5) is 17.3 Å². The normalized spacial score (nSPS) is 15.1. The predicted molar refractivity (Wildman–Crippen MR) is 111 cm³/mol. The molecule has 11 nitrogen and oxygen atoms in total. The highest BCUT2D eigenvalue weighted by molar-refractivity contribution is 5.96. The Morgan fingerprint density at radius 1 is 1.26 bits per heavy atom. The van der Waals surface area contributed by atoms with Crippen LogP contribution in [0.25, 0.3) is 0 Å². The highest BCUT2D eigenvalue weighted by Gasteiger charge is 2.30. The molecule has 1 saturated heterocycles. The molecule has 1 aliphatic heterocycles. The van der Waals surface area contributed by atoms with Crippen molar-refractivity contribution in [2.75, 3.05) is 30.4 Å². The lowest BCUT2D eigenvalue weighted by molar-refractivity contribution is -0.384. The molecule has 3 rings (SSSR count). The quantitative estimate of drug-likeness (QED) is 0.399. The van der Waals surface area contributed by atoms with Crippen LogP contribution in [0.2, 0.25) is 0 Å². The molecule has 1 unspecified atom stereocenters. The van der Waals surface area contributed by atoms with Crippen molar-refractivity contribution >= 4 is 29.2 Å². The summed E-state index contributed by atoms with van der Waals surface area (Å²) in [5.74, 6) is -0.520. The van der Waals surface area contributed by atoms with E-state index in [4.69, 9.17) is 9.47 Å². The second-order valence-corrected chi connectivity index (χ2v) is 7.02. The average Bonchev–Trinajstić information content (AvgIpc) is 2.79. The fourth-order valence-electron chi connectivity index (χ4n) is 3.24. The number of hydrogen-bond acceptors (Lipinski definition) is 9. The number of nitro groups is 1. The number of amides is 1. The maximum atomic E-state index is 12.5. The van der Waals surface area contributed by atoms with Crippen molar-refractivity contribution in [3.63, 3.8) is 0 Å². The standard InChI is InChI=1S/C20H23N5O6/c1-13(18(26)23-16-12-15(25(28)29)4-5-17(16)30-2)31-19(27)14-6-10-24(11-7-14)20-21-8-3-9-22-20/h3-5,8-9,12-14H,6-7,10-11H2,1-2H3,(H,23,26). The van der Waals surface area contributed by atoms with E-state index in [1.165, 1.54) is 32.2 Å². The molecule has 1 aromatic carbocycles. The number of rotatable bonds is 7.